The Morgan fingerprint density at radius 2 is 2.11 bits per heavy atom. The highest BCUT2D eigenvalue weighted by molar-refractivity contribution is 5.61. The number of hydrogen-bond acceptors (Lipinski definition) is 2. The maximum atomic E-state index is 3.55. The molecule has 0 amide bonds. The standard InChI is InChI=1S/C16H26N2/c1-5-14-9-6-8-13(2)15(14)18-11-7-10-17-12-16(18,3)4/h6,8-9,17H,5,7,10-12H2,1-4H3. The molecule has 1 aliphatic heterocycles. The molecule has 0 radical (unpaired) electrons. The molecule has 1 aromatic rings. The number of hydrogen-bond donors (Lipinski definition) is 1. The van der Waals surface area contributed by atoms with E-state index in [-0.39, 0.29) is 5.54 Å². The zero-order chi connectivity index (χ0) is 13.2. The van der Waals surface area contributed by atoms with E-state index in [0.29, 0.717) is 0 Å². The van der Waals surface area contributed by atoms with Crippen molar-refractivity contribution in [2.45, 2.75) is 46.1 Å². The molecule has 0 saturated carbocycles. The molecule has 18 heavy (non-hydrogen) atoms. The van der Waals surface area contributed by atoms with Crippen molar-refractivity contribution in [1.82, 2.24) is 5.32 Å². The quantitative estimate of drug-likeness (QED) is 0.862. The van der Waals surface area contributed by atoms with Crippen molar-refractivity contribution in [1.29, 1.82) is 0 Å². The summed E-state index contributed by atoms with van der Waals surface area (Å²) in [6, 6.07) is 6.69. The van der Waals surface area contributed by atoms with E-state index in [9.17, 15) is 0 Å². The van der Waals surface area contributed by atoms with Crippen molar-refractivity contribution in [2.24, 2.45) is 0 Å². The van der Waals surface area contributed by atoms with E-state index in [2.05, 4.69) is 56.1 Å². The van der Waals surface area contributed by atoms with Crippen LogP contribution in [-0.4, -0.2) is 25.2 Å². The molecule has 1 saturated heterocycles. The molecular weight excluding hydrogens is 220 g/mol. The number of aryl methyl sites for hydroxylation is 2. The molecule has 0 aromatic heterocycles. The van der Waals surface area contributed by atoms with Gasteiger partial charge in [0, 0.05) is 24.3 Å². The predicted molar refractivity (Wildman–Crippen MR) is 79.5 cm³/mol. The molecule has 0 spiro atoms. The van der Waals surface area contributed by atoms with Gasteiger partial charge in [0.05, 0.1) is 0 Å². The predicted octanol–water partition coefficient (Wildman–Crippen LogP) is 3.14. The fraction of sp³-hybridized carbons (Fsp3) is 0.625. The largest absolute Gasteiger partial charge is 0.365 e. The van der Waals surface area contributed by atoms with Gasteiger partial charge in [-0.1, -0.05) is 25.1 Å². The van der Waals surface area contributed by atoms with Crippen molar-refractivity contribution >= 4 is 5.69 Å². The fourth-order valence-electron chi connectivity index (χ4n) is 2.96. The molecule has 1 aromatic carbocycles. The van der Waals surface area contributed by atoms with Crippen LogP contribution in [0.4, 0.5) is 5.69 Å². The molecule has 1 aliphatic rings. The maximum Gasteiger partial charge on any atom is 0.0470 e. The second-order valence-corrected chi connectivity index (χ2v) is 5.93. The van der Waals surface area contributed by atoms with Gasteiger partial charge in [-0.15, -0.1) is 0 Å². The minimum absolute atomic E-state index is 0.187. The van der Waals surface area contributed by atoms with E-state index in [4.69, 9.17) is 0 Å². The minimum Gasteiger partial charge on any atom is -0.365 e. The van der Waals surface area contributed by atoms with E-state index < -0.39 is 0 Å². The summed E-state index contributed by atoms with van der Waals surface area (Å²) in [5.74, 6) is 0. The molecule has 0 unspecified atom stereocenters. The smallest absolute Gasteiger partial charge is 0.0470 e. The minimum atomic E-state index is 0.187. The number of anilines is 1. The lowest BCUT2D eigenvalue weighted by molar-refractivity contribution is 0.461. The lowest BCUT2D eigenvalue weighted by Gasteiger charge is -2.41. The topological polar surface area (TPSA) is 15.3 Å². The number of rotatable bonds is 2. The van der Waals surface area contributed by atoms with E-state index in [1.807, 2.05) is 0 Å². The van der Waals surface area contributed by atoms with Gasteiger partial charge in [0.2, 0.25) is 0 Å². The molecule has 0 aliphatic carbocycles. The summed E-state index contributed by atoms with van der Waals surface area (Å²) in [6.45, 7) is 12.5. The average Bonchev–Trinajstić information content (AvgIpc) is 2.50. The van der Waals surface area contributed by atoms with E-state index >= 15 is 0 Å². The summed E-state index contributed by atoms with van der Waals surface area (Å²) >= 11 is 0. The van der Waals surface area contributed by atoms with Crippen LogP contribution in [-0.2, 0) is 6.42 Å². The van der Waals surface area contributed by atoms with Gasteiger partial charge in [-0.25, -0.2) is 0 Å². The van der Waals surface area contributed by atoms with Gasteiger partial charge in [0.1, 0.15) is 0 Å². The van der Waals surface area contributed by atoms with Crippen molar-refractivity contribution in [3.05, 3.63) is 29.3 Å². The summed E-state index contributed by atoms with van der Waals surface area (Å²) in [5.41, 5.74) is 4.54. The first-order chi connectivity index (χ1) is 8.56. The first-order valence-electron chi connectivity index (χ1n) is 7.13. The Labute approximate surface area is 111 Å². The second-order valence-electron chi connectivity index (χ2n) is 5.93. The monoisotopic (exact) mass is 246 g/mol. The molecule has 2 rings (SSSR count). The van der Waals surface area contributed by atoms with Crippen molar-refractivity contribution in [2.75, 3.05) is 24.5 Å². The molecule has 0 bridgehead atoms. The normalized spacial score (nSPS) is 19.7. The van der Waals surface area contributed by atoms with Crippen LogP contribution >= 0.6 is 0 Å². The molecular formula is C16H26N2. The van der Waals surface area contributed by atoms with Gasteiger partial charge < -0.3 is 10.2 Å². The van der Waals surface area contributed by atoms with Crippen LogP contribution in [0.3, 0.4) is 0 Å². The van der Waals surface area contributed by atoms with Crippen molar-refractivity contribution < 1.29 is 0 Å². The summed E-state index contributed by atoms with van der Waals surface area (Å²) in [4.78, 5) is 2.61. The van der Waals surface area contributed by atoms with Crippen LogP contribution in [0.1, 0.15) is 38.3 Å². The highest BCUT2D eigenvalue weighted by Gasteiger charge is 2.30. The van der Waals surface area contributed by atoms with Crippen molar-refractivity contribution in [3.8, 4) is 0 Å². The molecule has 1 heterocycles. The maximum absolute atomic E-state index is 3.55. The number of benzene rings is 1. The highest BCUT2D eigenvalue weighted by atomic mass is 15.2. The van der Waals surface area contributed by atoms with Crippen LogP contribution in [0.15, 0.2) is 18.2 Å². The average molecular weight is 246 g/mol. The molecule has 0 atom stereocenters. The Morgan fingerprint density at radius 3 is 2.83 bits per heavy atom. The van der Waals surface area contributed by atoms with Crippen LogP contribution in [0.25, 0.3) is 0 Å². The Bertz CT molecular complexity index is 410. The SMILES string of the molecule is CCc1cccc(C)c1N1CCCNCC1(C)C. The number of nitrogens with one attached hydrogen (secondary N) is 1. The zero-order valence-corrected chi connectivity index (χ0v) is 12.2. The van der Waals surface area contributed by atoms with Gasteiger partial charge in [0.15, 0.2) is 0 Å². The first-order valence-corrected chi connectivity index (χ1v) is 7.13. The van der Waals surface area contributed by atoms with Gasteiger partial charge in [0.25, 0.3) is 0 Å². The summed E-state index contributed by atoms with van der Waals surface area (Å²) in [5, 5.41) is 3.55. The van der Waals surface area contributed by atoms with Gasteiger partial charge in [-0.3, -0.25) is 0 Å². The summed E-state index contributed by atoms with van der Waals surface area (Å²) < 4.78 is 0. The first kappa shape index (κ1) is 13.4. The number of nitrogens with zero attached hydrogens (tertiary/aromatic N) is 1. The Hall–Kier alpha value is -1.02. The lowest BCUT2D eigenvalue weighted by Crippen LogP contribution is -2.49. The molecule has 1 fully saturated rings. The van der Waals surface area contributed by atoms with E-state index in [0.717, 1.165) is 26.1 Å². The third kappa shape index (κ3) is 2.54. The lowest BCUT2D eigenvalue weighted by atomic mass is 9.97. The zero-order valence-electron chi connectivity index (χ0n) is 12.2. The summed E-state index contributed by atoms with van der Waals surface area (Å²) in [7, 11) is 0. The third-order valence-electron chi connectivity index (χ3n) is 4.00. The fourth-order valence-corrected chi connectivity index (χ4v) is 2.96. The Morgan fingerprint density at radius 1 is 1.33 bits per heavy atom. The summed E-state index contributed by atoms with van der Waals surface area (Å²) in [6.07, 6.45) is 2.33. The molecule has 2 nitrogen and oxygen atoms in total. The molecule has 1 N–H and O–H groups in total. The van der Waals surface area contributed by atoms with Crippen LogP contribution in [0.5, 0.6) is 0 Å². The highest BCUT2D eigenvalue weighted by Crippen LogP contribution is 2.32. The molecule has 100 valence electrons. The molecule has 2 heteroatoms. The van der Waals surface area contributed by atoms with Crippen LogP contribution < -0.4 is 10.2 Å². The van der Waals surface area contributed by atoms with Crippen LogP contribution in [0.2, 0.25) is 0 Å². The second kappa shape index (κ2) is 5.31. The van der Waals surface area contributed by atoms with Crippen LogP contribution in [0, 0.1) is 6.92 Å². The van der Waals surface area contributed by atoms with Crippen molar-refractivity contribution in [3.63, 3.8) is 0 Å². The number of para-hydroxylation sites is 1. The van der Waals surface area contributed by atoms with Gasteiger partial charge >= 0.3 is 0 Å². The van der Waals surface area contributed by atoms with Gasteiger partial charge in [-0.05, 0) is 51.3 Å². The Balaban J connectivity index is 2.45. The van der Waals surface area contributed by atoms with E-state index in [1.54, 1.807) is 0 Å². The van der Waals surface area contributed by atoms with Gasteiger partial charge in [-0.2, -0.15) is 0 Å². The van der Waals surface area contributed by atoms with E-state index in [1.165, 1.54) is 23.2 Å². The third-order valence-corrected chi connectivity index (χ3v) is 4.00. The Kier molecular flexibility index (Phi) is 3.96.